The van der Waals surface area contributed by atoms with E-state index in [1.807, 2.05) is 12.1 Å². The van der Waals surface area contributed by atoms with Gasteiger partial charge in [0, 0.05) is 18.9 Å². The summed E-state index contributed by atoms with van der Waals surface area (Å²) in [7, 11) is 0. The Kier molecular flexibility index (Phi) is 3.66. The molecule has 2 N–H and O–H groups in total. The Morgan fingerprint density at radius 3 is 3.00 bits per heavy atom. The van der Waals surface area contributed by atoms with Crippen molar-refractivity contribution in [2.75, 3.05) is 13.2 Å². The summed E-state index contributed by atoms with van der Waals surface area (Å²) < 4.78 is 4.98. The third-order valence-corrected chi connectivity index (χ3v) is 2.39. The minimum Gasteiger partial charge on any atom is -0.369 e. The summed E-state index contributed by atoms with van der Waals surface area (Å²) >= 11 is 0. The number of amides is 2. The molecule has 2 heterocycles. The molecule has 1 atom stereocenters. The van der Waals surface area contributed by atoms with Gasteiger partial charge < -0.3 is 15.4 Å². The average molecular weight is 235 g/mol. The number of rotatable bonds is 3. The maximum absolute atomic E-state index is 11.7. The summed E-state index contributed by atoms with van der Waals surface area (Å²) in [6.07, 6.45) is 3.32. The first-order valence-corrected chi connectivity index (χ1v) is 5.29. The molecule has 0 saturated carbocycles. The minimum atomic E-state index is -0.599. The van der Waals surface area contributed by atoms with Crippen LogP contribution in [0.4, 0.5) is 0 Å². The predicted molar refractivity (Wildman–Crippen MR) is 58.8 cm³/mol. The third kappa shape index (κ3) is 3.25. The molecule has 6 heteroatoms. The number of hydrogen-bond donors (Lipinski definition) is 2. The number of pyridine rings is 1. The third-order valence-electron chi connectivity index (χ3n) is 2.39. The first kappa shape index (κ1) is 11.5. The van der Waals surface area contributed by atoms with Crippen molar-refractivity contribution in [3.05, 3.63) is 30.1 Å². The Balaban J connectivity index is 1.83. The van der Waals surface area contributed by atoms with Crippen LogP contribution in [0.25, 0.3) is 0 Å². The smallest absolute Gasteiger partial charge is 0.246 e. The fraction of sp³-hybridized carbons (Fsp3) is 0.364. The van der Waals surface area contributed by atoms with E-state index >= 15 is 0 Å². The quantitative estimate of drug-likeness (QED) is 0.719. The van der Waals surface area contributed by atoms with Crippen molar-refractivity contribution in [1.82, 2.24) is 15.6 Å². The van der Waals surface area contributed by atoms with Crippen LogP contribution in [0.2, 0.25) is 0 Å². The van der Waals surface area contributed by atoms with Crippen molar-refractivity contribution in [1.29, 1.82) is 0 Å². The maximum Gasteiger partial charge on any atom is 0.246 e. The molecule has 1 aliphatic rings. The van der Waals surface area contributed by atoms with Gasteiger partial charge in [0.15, 0.2) is 0 Å². The molecule has 6 nitrogen and oxygen atoms in total. The molecule has 2 rings (SSSR count). The summed E-state index contributed by atoms with van der Waals surface area (Å²) in [5, 5.41) is 5.29. The van der Waals surface area contributed by atoms with Crippen LogP contribution in [0.3, 0.4) is 0 Å². The highest BCUT2D eigenvalue weighted by Crippen LogP contribution is 1.98. The fourth-order valence-electron chi connectivity index (χ4n) is 1.50. The Hall–Kier alpha value is -1.95. The van der Waals surface area contributed by atoms with E-state index in [1.54, 1.807) is 12.4 Å². The van der Waals surface area contributed by atoms with Crippen LogP contribution in [0, 0.1) is 0 Å². The average Bonchev–Trinajstić information content (AvgIpc) is 2.37. The number of carbonyl (C=O) groups excluding carboxylic acids is 2. The van der Waals surface area contributed by atoms with Crippen molar-refractivity contribution in [3.8, 4) is 0 Å². The van der Waals surface area contributed by atoms with Gasteiger partial charge in [0.2, 0.25) is 11.8 Å². The predicted octanol–water partition coefficient (Wildman–Crippen LogP) is -0.787. The van der Waals surface area contributed by atoms with Gasteiger partial charge in [-0.2, -0.15) is 0 Å². The SMILES string of the molecule is O=C1COCC(C(=O)NCc2ccncc2)N1. The summed E-state index contributed by atoms with van der Waals surface area (Å²) in [6.45, 7) is 0.649. The number of morpholine rings is 1. The summed E-state index contributed by atoms with van der Waals surface area (Å²) in [6, 6.07) is 3.03. The van der Waals surface area contributed by atoms with Crippen molar-refractivity contribution >= 4 is 11.8 Å². The second-order valence-corrected chi connectivity index (χ2v) is 3.71. The highest BCUT2D eigenvalue weighted by atomic mass is 16.5. The summed E-state index contributed by atoms with van der Waals surface area (Å²) in [5.74, 6) is -0.504. The Bertz CT molecular complexity index is 408. The van der Waals surface area contributed by atoms with Crippen LogP contribution in [0.5, 0.6) is 0 Å². The van der Waals surface area contributed by atoms with Gasteiger partial charge in [-0.1, -0.05) is 0 Å². The van der Waals surface area contributed by atoms with Crippen molar-refractivity contribution in [3.63, 3.8) is 0 Å². The van der Waals surface area contributed by atoms with Crippen LogP contribution >= 0.6 is 0 Å². The second-order valence-electron chi connectivity index (χ2n) is 3.71. The number of ether oxygens (including phenoxy) is 1. The Morgan fingerprint density at radius 1 is 1.53 bits per heavy atom. The zero-order valence-electron chi connectivity index (χ0n) is 9.18. The molecule has 0 spiro atoms. The molecule has 90 valence electrons. The van der Waals surface area contributed by atoms with E-state index in [4.69, 9.17) is 4.74 Å². The van der Waals surface area contributed by atoms with Gasteiger partial charge >= 0.3 is 0 Å². The monoisotopic (exact) mass is 235 g/mol. The van der Waals surface area contributed by atoms with Gasteiger partial charge in [-0.25, -0.2) is 0 Å². The lowest BCUT2D eigenvalue weighted by Gasteiger charge is -2.22. The molecular formula is C11H13N3O3. The van der Waals surface area contributed by atoms with E-state index in [-0.39, 0.29) is 25.0 Å². The van der Waals surface area contributed by atoms with Crippen molar-refractivity contribution in [2.45, 2.75) is 12.6 Å². The molecule has 17 heavy (non-hydrogen) atoms. The van der Waals surface area contributed by atoms with Crippen LogP contribution in [0.1, 0.15) is 5.56 Å². The van der Waals surface area contributed by atoms with E-state index in [1.165, 1.54) is 0 Å². The highest BCUT2D eigenvalue weighted by molar-refractivity contribution is 5.88. The standard InChI is InChI=1S/C11H13N3O3/c15-10-7-17-6-9(14-10)11(16)13-5-8-1-3-12-4-2-8/h1-4,9H,5-7H2,(H,13,16)(H,14,15). The number of nitrogens with zero attached hydrogens (tertiary/aromatic N) is 1. The largest absolute Gasteiger partial charge is 0.369 e. The van der Waals surface area contributed by atoms with E-state index in [0.29, 0.717) is 6.54 Å². The van der Waals surface area contributed by atoms with E-state index in [2.05, 4.69) is 15.6 Å². The number of nitrogens with one attached hydrogen (secondary N) is 2. The van der Waals surface area contributed by atoms with E-state index in [9.17, 15) is 9.59 Å². The number of carbonyl (C=O) groups is 2. The molecule has 0 aromatic carbocycles. The van der Waals surface area contributed by atoms with Crippen LogP contribution in [-0.2, 0) is 20.9 Å². The summed E-state index contributed by atoms with van der Waals surface area (Å²) in [5.41, 5.74) is 0.955. The normalized spacial score (nSPS) is 19.5. The van der Waals surface area contributed by atoms with Gasteiger partial charge in [-0.15, -0.1) is 0 Å². The lowest BCUT2D eigenvalue weighted by molar-refractivity contribution is -0.138. The Morgan fingerprint density at radius 2 is 2.29 bits per heavy atom. The zero-order chi connectivity index (χ0) is 12.1. The second kappa shape index (κ2) is 5.40. The fourth-order valence-corrected chi connectivity index (χ4v) is 1.50. The maximum atomic E-state index is 11.7. The van der Waals surface area contributed by atoms with Gasteiger partial charge in [0.05, 0.1) is 6.61 Å². The summed E-state index contributed by atoms with van der Waals surface area (Å²) in [4.78, 5) is 26.6. The first-order valence-electron chi connectivity index (χ1n) is 5.29. The number of hydrogen-bond acceptors (Lipinski definition) is 4. The first-order chi connectivity index (χ1) is 8.25. The molecule has 1 aliphatic heterocycles. The molecule has 0 radical (unpaired) electrons. The molecule has 2 amide bonds. The zero-order valence-corrected chi connectivity index (χ0v) is 9.18. The van der Waals surface area contributed by atoms with Gasteiger partial charge in [0.1, 0.15) is 12.6 Å². The molecular weight excluding hydrogens is 222 g/mol. The topological polar surface area (TPSA) is 80.3 Å². The molecule has 1 saturated heterocycles. The van der Waals surface area contributed by atoms with Gasteiger partial charge in [0.25, 0.3) is 0 Å². The highest BCUT2D eigenvalue weighted by Gasteiger charge is 2.24. The Labute approximate surface area is 98.4 Å². The van der Waals surface area contributed by atoms with Gasteiger partial charge in [-0.05, 0) is 17.7 Å². The van der Waals surface area contributed by atoms with Crippen LogP contribution in [-0.4, -0.2) is 36.1 Å². The minimum absolute atomic E-state index is 0.0220. The molecule has 0 bridgehead atoms. The van der Waals surface area contributed by atoms with Crippen molar-refractivity contribution < 1.29 is 14.3 Å². The lowest BCUT2D eigenvalue weighted by Crippen LogP contribution is -2.53. The van der Waals surface area contributed by atoms with Crippen molar-refractivity contribution in [2.24, 2.45) is 0 Å². The lowest BCUT2D eigenvalue weighted by atomic mass is 10.2. The molecule has 1 unspecified atom stereocenters. The van der Waals surface area contributed by atoms with Crippen LogP contribution in [0.15, 0.2) is 24.5 Å². The molecule has 1 aromatic rings. The molecule has 0 aliphatic carbocycles. The molecule has 1 aromatic heterocycles. The van der Waals surface area contributed by atoms with Crippen LogP contribution < -0.4 is 10.6 Å². The molecule has 1 fully saturated rings. The van der Waals surface area contributed by atoms with E-state index in [0.717, 1.165) is 5.56 Å². The van der Waals surface area contributed by atoms with Gasteiger partial charge in [-0.3, -0.25) is 14.6 Å². The number of aromatic nitrogens is 1. The van der Waals surface area contributed by atoms with E-state index < -0.39 is 6.04 Å².